The van der Waals surface area contributed by atoms with E-state index in [1.54, 1.807) is 0 Å². The standard InChI is InChI=1S/C17H18ClNO2/c1-2-21-15-10-6-7-13(11-15)12-19-17(20)16(18)14-8-4-3-5-9-14/h3-11,16H,2,12H2,1H3,(H,19,20). The van der Waals surface area contributed by atoms with E-state index in [9.17, 15) is 4.79 Å². The van der Waals surface area contributed by atoms with Crippen molar-refractivity contribution in [1.29, 1.82) is 0 Å². The van der Waals surface area contributed by atoms with Gasteiger partial charge in [-0.05, 0) is 30.2 Å². The molecule has 4 heteroatoms. The molecule has 0 aliphatic carbocycles. The summed E-state index contributed by atoms with van der Waals surface area (Å²) in [6.45, 7) is 2.98. The molecule has 0 heterocycles. The molecular formula is C17H18ClNO2. The average Bonchev–Trinajstić information content (AvgIpc) is 2.53. The lowest BCUT2D eigenvalue weighted by Crippen LogP contribution is -2.26. The number of alkyl halides is 1. The zero-order chi connectivity index (χ0) is 15.1. The minimum atomic E-state index is -0.679. The Kier molecular flexibility index (Phi) is 5.64. The molecule has 1 atom stereocenters. The molecule has 0 saturated carbocycles. The Morgan fingerprint density at radius 2 is 1.95 bits per heavy atom. The summed E-state index contributed by atoms with van der Waals surface area (Å²) in [6.07, 6.45) is 0. The third kappa shape index (κ3) is 4.50. The summed E-state index contributed by atoms with van der Waals surface area (Å²) in [5.41, 5.74) is 1.77. The smallest absolute Gasteiger partial charge is 0.242 e. The fourth-order valence-corrected chi connectivity index (χ4v) is 2.19. The van der Waals surface area contributed by atoms with Crippen molar-refractivity contribution in [2.75, 3.05) is 6.61 Å². The molecule has 0 fully saturated rings. The first-order valence-corrected chi connectivity index (χ1v) is 7.33. The van der Waals surface area contributed by atoms with E-state index < -0.39 is 5.38 Å². The maximum atomic E-state index is 12.1. The van der Waals surface area contributed by atoms with Crippen LogP contribution in [-0.2, 0) is 11.3 Å². The Morgan fingerprint density at radius 3 is 2.67 bits per heavy atom. The maximum Gasteiger partial charge on any atom is 0.242 e. The van der Waals surface area contributed by atoms with Crippen molar-refractivity contribution >= 4 is 17.5 Å². The van der Waals surface area contributed by atoms with Gasteiger partial charge in [-0.3, -0.25) is 4.79 Å². The predicted octanol–water partition coefficient (Wildman–Crippen LogP) is 3.68. The normalized spacial score (nSPS) is 11.7. The highest BCUT2D eigenvalue weighted by Crippen LogP contribution is 2.20. The van der Waals surface area contributed by atoms with E-state index in [-0.39, 0.29) is 5.91 Å². The predicted molar refractivity (Wildman–Crippen MR) is 84.5 cm³/mol. The van der Waals surface area contributed by atoms with Crippen molar-refractivity contribution in [2.24, 2.45) is 0 Å². The van der Waals surface area contributed by atoms with Crippen LogP contribution in [-0.4, -0.2) is 12.5 Å². The maximum absolute atomic E-state index is 12.1. The number of nitrogens with one attached hydrogen (secondary N) is 1. The van der Waals surface area contributed by atoms with Crippen molar-refractivity contribution in [3.05, 3.63) is 65.7 Å². The number of hydrogen-bond donors (Lipinski definition) is 1. The van der Waals surface area contributed by atoms with E-state index >= 15 is 0 Å². The first-order valence-electron chi connectivity index (χ1n) is 6.89. The second kappa shape index (κ2) is 7.70. The molecule has 0 aliphatic heterocycles. The summed E-state index contributed by atoms with van der Waals surface area (Å²) >= 11 is 6.17. The van der Waals surface area contributed by atoms with E-state index in [0.29, 0.717) is 13.2 Å². The first-order chi connectivity index (χ1) is 10.2. The molecule has 0 aliphatic rings. The zero-order valence-electron chi connectivity index (χ0n) is 11.9. The highest BCUT2D eigenvalue weighted by molar-refractivity contribution is 6.30. The van der Waals surface area contributed by atoms with Gasteiger partial charge in [0.05, 0.1) is 6.61 Å². The van der Waals surface area contributed by atoms with Gasteiger partial charge < -0.3 is 10.1 Å². The molecule has 0 aromatic heterocycles. The van der Waals surface area contributed by atoms with Crippen LogP contribution in [0.15, 0.2) is 54.6 Å². The Bertz CT molecular complexity index is 586. The van der Waals surface area contributed by atoms with E-state index in [0.717, 1.165) is 16.9 Å². The number of halogens is 1. The van der Waals surface area contributed by atoms with E-state index in [1.807, 2.05) is 61.5 Å². The average molecular weight is 304 g/mol. The lowest BCUT2D eigenvalue weighted by Gasteiger charge is -2.11. The summed E-state index contributed by atoms with van der Waals surface area (Å²) in [5, 5.41) is 2.16. The van der Waals surface area contributed by atoms with Gasteiger partial charge in [0.2, 0.25) is 5.91 Å². The van der Waals surface area contributed by atoms with E-state index in [2.05, 4.69) is 5.32 Å². The Hall–Kier alpha value is -2.00. The summed E-state index contributed by atoms with van der Waals surface area (Å²) in [6, 6.07) is 17.0. The number of benzene rings is 2. The van der Waals surface area contributed by atoms with Crippen LogP contribution in [0.2, 0.25) is 0 Å². The van der Waals surface area contributed by atoms with Gasteiger partial charge >= 0.3 is 0 Å². The van der Waals surface area contributed by atoms with Gasteiger partial charge in [0.25, 0.3) is 0 Å². The number of rotatable bonds is 6. The SMILES string of the molecule is CCOc1cccc(CNC(=O)C(Cl)c2ccccc2)c1. The number of carbonyl (C=O) groups excluding carboxylic acids is 1. The largest absolute Gasteiger partial charge is 0.494 e. The summed E-state index contributed by atoms with van der Waals surface area (Å²) in [7, 11) is 0. The first kappa shape index (κ1) is 15.4. The topological polar surface area (TPSA) is 38.3 Å². The highest BCUT2D eigenvalue weighted by Gasteiger charge is 2.16. The van der Waals surface area contributed by atoms with Gasteiger partial charge in [-0.25, -0.2) is 0 Å². The molecule has 2 rings (SSSR count). The van der Waals surface area contributed by atoms with Crippen LogP contribution in [0.3, 0.4) is 0 Å². The minimum Gasteiger partial charge on any atom is -0.494 e. The molecule has 0 saturated heterocycles. The number of amides is 1. The lowest BCUT2D eigenvalue weighted by atomic mass is 10.1. The highest BCUT2D eigenvalue weighted by atomic mass is 35.5. The number of hydrogen-bond acceptors (Lipinski definition) is 2. The molecule has 1 amide bonds. The molecule has 0 spiro atoms. The van der Waals surface area contributed by atoms with Crippen molar-refractivity contribution in [3.63, 3.8) is 0 Å². The molecule has 1 N–H and O–H groups in total. The van der Waals surface area contributed by atoms with Crippen LogP contribution in [0.1, 0.15) is 23.4 Å². The number of ether oxygens (including phenoxy) is 1. The second-order valence-electron chi connectivity index (χ2n) is 4.57. The van der Waals surface area contributed by atoms with Gasteiger partial charge in [-0.15, -0.1) is 11.6 Å². The van der Waals surface area contributed by atoms with Crippen molar-refractivity contribution in [3.8, 4) is 5.75 Å². The molecule has 2 aromatic rings. The Labute approximate surface area is 129 Å². The Morgan fingerprint density at radius 1 is 1.19 bits per heavy atom. The third-order valence-electron chi connectivity index (χ3n) is 3.00. The van der Waals surface area contributed by atoms with Gasteiger partial charge in [0, 0.05) is 6.54 Å². The minimum absolute atomic E-state index is 0.204. The van der Waals surface area contributed by atoms with Gasteiger partial charge in [-0.2, -0.15) is 0 Å². The fraction of sp³-hybridized carbons (Fsp3) is 0.235. The summed E-state index contributed by atoms with van der Waals surface area (Å²) in [4.78, 5) is 12.1. The van der Waals surface area contributed by atoms with Crippen molar-refractivity contribution in [1.82, 2.24) is 5.32 Å². The van der Waals surface area contributed by atoms with Crippen molar-refractivity contribution in [2.45, 2.75) is 18.8 Å². The second-order valence-corrected chi connectivity index (χ2v) is 5.01. The molecule has 2 aromatic carbocycles. The molecule has 0 radical (unpaired) electrons. The van der Waals surface area contributed by atoms with Crippen LogP contribution in [0.4, 0.5) is 0 Å². The van der Waals surface area contributed by atoms with Crippen molar-refractivity contribution < 1.29 is 9.53 Å². The van der Waals surface area contributed by atoms with E-state index in [1.165, 1.54) is 0 Å². The van der Waals surface area contributed by atoms with Crippen LogP contribution in [0, 0.1) is 0 Å². The van der Waals surface area contributed by atoms with E-state index in [4.69, 9.17) is 16.3 Å². The monoisotopic (exact) mass is 303 g/mol. The molecule has 0 bridgehead atoms. The van der Waals surface area contributed by atoms with Crippen LogP contribution < -0.4 is 10.1 Å². The molecule has 110 valence electrons. The molecular weight excluding hydrogens is 286 g/mol. The summed E-state index contributed by atoms with van der Waals surface area (Å²) in [5.74, 6) is 0.597. The molecule has 21 heavy (non-hydrogen) atoms. The van der Waals surface area contributed by atoms with Gasteiger partial charge in [0.15, 0.2) is 0 Å². The lowest BCUT2D eigenvalue weighted by molar-refractivity contribution is -0.121. The third-order valence-corrected chi connectivity index (χ3v) is 3.45. The zero-order valence-corrected chi connectivity index (χ0v) is 12.6. The van der Waals surface area contributed by atoms with Gasteiger partial charge in [-0.1, -0.05) is 42.5 Å². The number of carbonyl (C=O) groups is 1. The van der Waals surface area contributed by atoms with Gasteiger partial charge in [0.1, 0.15) is 11.1 Å². The fourth-order valence-electron chi connectivity index (χ4n) is 1.96. The van der Waals surface area contributed by atoms with Crippen LogP contribution in [0.25, 0.3) is 0 Å². The van der Waals surface area contributed by atoms with Crippen LogP contribution >= 0.6 is 11.6 Å². The quantitative estimate of drug-likeness (QED) is 0.827. The Balaban J connectivity index is 1.93. The summed E-state index contributed by atoms with van der Waals surface area (Å²) < 4.78 is 5.43. The molecule has 1 unspecified atom stereocenters. The molecule has 3 nitrogen and oxygen atoms in total. The van der Waals surface area contributed by atoms with Crippen LogP contribution in [0.5, 0.6) is 5.75 Å².